The van der Waals surface area contributed by atoms with E-state index in [0.29, 0.717) is 12.2 Å². The van der Waals surface area contributed by atoms with E-state index in [1.54, 1.807) is 0 Å². The molecular weight excluding hydrogens is 176 g/mol. The molecule has 0 aromatic rings. The maximum absolute atomic E-state index is 5.97. The fourth-order valence-electron chi connectivity index (χ4n) is 3.92. The maximum Gasteiger partial charge on any atom is 0.0870 e. The molecule has 1 saturated heterocycles. The van der Waals surface area contributed by atoms with Crippen molar-refractivity contribution in [1.82, 2.24) is 0 Å². The number of rotatable bonds is 2. The molecular formula is C12H20O2. The maximum atomic E-state index is 5.97. The number of fused-ring (bicyclic) bond motifs is 1. The summed E-state index contributed by atoms with van der Waals surface area (Å²) in [6.07, 6.45) is 6.33. The van der Waals surface area contributed by atoms with Gasteiger partial charge in [0.25, 0.3) is 0 Å². The fraction of sp³-hybridized carbons (Fsp3) is 1.00. The summed E-state index contributed by atoms with van der Waals surface area (Å²) in [4.78, 5) is 0. The van der Waals surface area contributed by atoms with Gasteiger partial charge in [-0.15, -0.1) is 0 Å². The van der Waals surface area contributed by atoms with Gasteiger partial charge in [-0.2, -0.15) is 0 Å². The Balaban J connectivity index is 1.79. The van der Waals surface area contributed by atoms with Crippen LogP contribution in [0.2, 0.25) is 0 Å². The molecule has 2 nitrogen and oxygen atoms in total. The SMILES string of the molecule is CCOC1C2CC3CCCOC1C3C2. The lowest BCUT2D eigenvalue weighted by Crippen LogP contribution is -2.39. The summed E-state index contributed by atoms with van der Waals surface area (Å²) >= 11 is 0. The van der Waals surface area contributed by atoms with E-state index in [1.165, 1.54) is 25.7 Å². The van der Waals surface area contributed by atoms with Crippen LogP contribution in [0, 0.1) is 17.8 Å². The Hall–Kier alpha value is -0.0800. The summed E-state index contributed by atoms with van der Waals surface area (Å²) in [5.41, 5.74) is 0. The van der Waals surface area contributed by atoms with Crippen molar-refractivity contribution >= 4 is 0 Å². The van der Waals surface area contributed by atoms with E-state index < -0.39 is 0 Å². The normalized spacial score (nSPS) is 50.8. The van der Waals surface area contributed by atoms with Gasteiger partial charge in [0.05, 0.1) is 12.2 Å². The molecule has 0 radical (unpaired) electrons. The van der Waals surface area contributed by atoms with Gasteiger partial charge in [0.2, 0.25) is 0 Å². The molecule has 5 unspecified atom stereocenters. The van der Waals surface area contributed by atoms with Gasteiger partial charge in [-0.05, 0) is 50.4 Å². The molecule has 1 heterocycles. The third kappa shape index (κ3) is 1.24. The van der Waals surface area contributed by atoms with Crippen LogP contribution in [-0.2, 0) is 9.47 Å². The molecule has 1 aliphatic heterocycles. The molecule has 5 atom stereocenters. The van der Waals surface area contributed by atoms with Crippen molar-refractivity contribution < 1.29 is 9.47 Å². The van der Waals surface area contributed by atoms with Gasteiger partial charge < -0.3 is 9.47 Å². The van der Waals surface area contributed by atoms with Crippen LogP contribution >= 0.6 is 0 Å². The molecule has 2 saturated carbocycles. The van der Waals surface area contributed by atoms with Crippen LogP contribution in [0.4, 0.5) is 0 Å². The Morgan fingerprint density at radius 1 is 1.29 bits per heavy atom. The van der Waals surface area contributed by atoms with Crippen LogP contribution in [-0.4, -0.2) is 25.4 Å². The van der Waals surface area contributed by atoms with Gasteiger partial charge in [-0.1, -0.05) is 0 Å². The largest absolute Gasteiger partial charge is 0.376 e. The van der Waals surface area contributed by atoms with E-state index >= 15 is 0 Å². The lowest BCUT2D eigenvalue weighted by Gasteiger charge is -2.32. The van der Waals surface area contributed by atoms with Crippen LogP contribution in [0.25, 0.3) is 0 Å². The summed E-state index contributed by atoms with van der Waals surface area (Å²) in [5.74, 6) is 2.61. The second-order valence-corrected chi connectivity index (χ2v) is 5.05. The molecule has 80 valence electrons. The summed E-state index contributed by atoms with van der Waals surface area (Å²) in [6, 6.07) is 0. The van der Waals surface area contributed by atoms with Crippen LogP contribution in [0.15, 0.2) is 0 Å². The van der Waals surface area contributed by atoms with Gasteiger partial charge in [0.15, 0.2) is 0 Å². The quantitative estimate of drug-likeness (QED) is 0.674. The minimum atomic E-state index is 0.430. The van der Waals surface area contributed by atoms with Gasteiger partial charge in [-0.3, -0.25) is 0 Å². The fourth-order valence-corrected chi connectivity index (χ4v) is 3.92. The molecule has 0 N–H and O–H groups in total. The van der Waals surface area contributed by atoms with Gasteiger partial charge in [0.1, 0.15) is 0 Å². The molecule has 0 aromatic carbocycles. The zero-order valence-corrected chi connectivity index (χ0v) is 8.95. The summed E-state index contributed by atoms with van der Waals surface area (Å²) in [7, 11) is 0. The standard InChI is InChI=1S/C12H20O2/c1-2-13-11-9-6-8-4-3-5-14-12(11)10(8)7-9/h8-12H,2-7H2,1H3. The number of ether oxygens (including phenoxy) is 2. The monoisotopic (exact) mass is 196 g/mol. The molecule has 3 fully saturated rings. The van der Waals surface area contributed by atoms with Crippen molar-refractivity contribution in [3.63, 3.8) is 0 Å². The Bertz CT molecular complexity index is 214. The molecule has 0 spiro atoms. The minimum Gasteiger partial charge on any atom is -0.376 e. The van der Waals surface area contributed by atoms with Crippen molar-refractivity contribution in [2.45, 2.75) is 44.8 Å². The topological polar surface area (TPSA) is 18.5 Å². The first-order valence-electron chi connectivity index (χ1n) is 6.13. The summed E-state index contributed by atoms with van der Waals surface area (Å²) in [5, 5.41) is 0. The van der Waals surface area contributed by atoms with E-state index in [0.717, 1.165) is 31.0 Å². The average Bonchev–Trinajstić information content (AvgIpc) is 2.69. The van der Waals surface area contributed by atoms with Crippen molar-refractivity contribution in [3.05, 3.63) is 0 Å². The zero-order chi connectivity index (χ0) is 9.54. The lowest BCUT2D eigenvalue weighted by molar-refractivity contribution is -0.0947. The van der Waals surface area contributed by atoms with E-state index in [2.05, 4.69) is 6.92 Å². The molecule has 2 bridgehead atoms. The lowest BCUT2D eigenvalue weighted by atomic mass is 9.83. The second kappa shape index (κ2) is 3.49. The number of hydrogen-bond donors (Lipinski definition) is 0. The highest BCUT2D eigenvalue weighted by molar-refractivity contribution is 5.03. The third-order valence-corrected chi connectivity index (χ3v) is 4.38. The molecule has 14 heavy (non-hydrogen) atoms. The zero-order valence-electron chi connectivity index (χ0n) is 8.95. The highest BCUT2D eigenvalue weighted by atomic mass is 16.5. The van der Waals surface area contributed by atoms with Crippen LogP contribution < -0.4 is 0 Å². The van der Waals surface area contributed by atoms with Crippen LogP contribution in [0.5, 0.6) is 0 Å². The Morgan fingerprint density at radius 2 is 2.21 bits per heavy atom. The molecule has 0 aromatic heterocycles. The Kier molecular flexibility index (Phi) is 2.29. The van der Waals surface area contributed by atoms with Gasteiger partial charge >= 0.3 is 0 Å². The van der Waals surface area contributed by atoms with Gasteiger partial charge in [-0.25, -0.2) is 0 Å². The highest BCUT2D eigenvalue weighted by Gasteiger charge is 2.54. The summed E-state index contributed by atoms with van der Waals surface area (Å²) < 4.78 is 11.8. The average molecular weight is 196 g/mol. The molecule has 0 amide bonds. The second-order valence-electron chi connectivity index (χ2n) is 5.05. The minimum absolute atomic E-state index is 0.430. The van der Waals surface area contributed by atoms with Crippen molar-refractivity contribution in [2.75, 3.05) is 13.2 Å². The van der Waals surface area contributed by atoms with E-state index in [1.807, 2.05) is 0 Å². The third-order valence-electron chi connectivity index (χ3n) is 4.38. The Labute approximate surface area is 86.0 Å². The van der Waals surface area contributed by atoms with E-state index in [9.17, 15) is 0 Å². The summed E-state index contributed by atoms with van der Waals surface area (Å²) in [6.45, 7) is 3.91. The highest BCUT2D eigenvalue weighted by Crippen LogP contribution is 2.53. The van der Waals surface area contributed by atoms with Crippen LogP contribution in [0.3, 0.4) is 0 Å². The van der Waals surface area contributed by atoms with E-state index in [4.69, 9.17) is 9.47 Å². The van der Waals surface area contributed by atoms with Crippen molar-refractivity contribution in [2.24, 2.45) is 17.8 Å². The predicted molar refractivity (Wildman–Crippen MR) is 54.1 cm³/mol. The first kappa shape index (κ1) is 9.17. The molecule has 2 aliphatic carbocycles. The van der Waals surface area contributed by atoms with Crippen molar-refractivity contribution in [3.8, 4) is 0 Å². The first-order chi connectivity index (χ1) is 6.90. The molecule has 2 heteroatoms. The smallest absolute Gasteiger partial charge is 0.0870 e. The molecule has 3 aliphatic rings. The van der Waals surface area contributed by atoms with Crippen LogP contribution in [0.1, 0.15) is 32.6 Å². The van der Waals surface area contributed by atoms with Crippen molar-refractivity contribution in [1.29, 1.82) is 0 Å². The molecule has 3 rings (SSSR count). The van der Waals surface area contributed by atoms with E-state index in [-0.39, 0.29) is 0 Å². The number of hydrogen-bond acceptors (Lipinski definition) is 2. The van der Waals surface area contributed by atoms with Gasteiger partial charge in [0, 0.05) is 13.2 Å². The predicted octanol–water partition coefficient (Wildman–Crippen LogP) is 2.23. The first-order valence-corrected chi connectivity index (χ1v) is 6.13. The Morgan fingerprint density at radius 3 is 3.07 bits per heavy atom.